The first-order valence-electron chi connectivity index (χ1n) is 9.26. The van der Waals surface area contributed by atoms with E-state index in [1.165, 1.54) is 36.4 Å². The molecular weight excluding hydrogens is 397 g/mol. The van der Waals surface area contributed by atoms with Gasteiger partial charge in [-0.3, -0.25) is 19.8 Å². The van der Waals surface area contributed by atoms with Gasteiger partial charge in [0.05, 0.1) is 18.1 Å². The van der Waals surface area contributed by atoms with Crippen LogP contribution in [0.1, 0.15) is 30.0 Å². The number of nitro benzene ring substituents is 1. The molecule has 1 atom stereocenters. The number of carbonyl (C=O) groups excluding carboxylic acids is 2. The van der Waals surface area contributed by atoms with Crippen LogP contribution in [0.4, 0.5) is 14.9 Å². The number of rotatable bonds is 5. The minimum Gasteiger partial charge on any atom is -0.467 e. The number of benzene rings is 2. The molecule has 1 saturated heterocycles. The Bertz CT molecular complexity index is 1040. The molecule has 0 spiro atoms. The fraction of sp³-hybridized carbons (Fsp3) is 0.300. The molecule has 0 radical (unpaired) electrons. The maximum Gasteiger partial charge on any atom is 0.325 e. The third-order valence-electron chi connectivity index (χ3n) is 5.35. The molecule has 4 rings (SSSR count). The molecule has 1 fully saturated rings. The van der Waals surface area contributed by atoms with E-state index < -0.39 is 28.2 Å². The topological polar surface area (TPSA) is 111 Å². The molecule has 2 aromatic carbocycles. The molecule has 2 aliphatic rings. The van der Waals surface area contributed by atoms with Gasteiger partial charge in [-0.15, -0.1) is 0 Å². The minimum absolute atomic E-state index is 0.0353. The highest BCUT2D eigenvalue weighted by Crippen LogP contribution is 2.37. The second-order valence-corrected chi connectivity index (χ2v) is 7.05. The third-order valence-corrected chi connectivity index (χ3v) is 5.35. The zero-order valence-electron chi connectivity index (χ0n) is 16.0. The number of fused-ring (bicyclic) bond motifs is 1. The van der Waals surface area contributed by atoms with E-state index in [2.05, 4.69) is 5.32 Å². The van der Waals surface area contributed by atoms with Crippen molar-refractivity contribution < 1.29 is 28.4 Å². The lowest BCUT2D eigenvalue weighted by Crippen LogP contribution is -2.43. The first kappa shape index (κ1) is 19.8. The Morgan fingerprint density at radius 2 is 2.00 bits per heavy atom. The van der Waals surface area contributed by atoms with Gasteiger partial charge in [-0.25, -0.2) is 9.18 Å². The number of nitrogens with one attached hydrogen (secondary N) is 1. The molecule has 2 aromatic rings. The van der Waals surface area contributed by atoms with Crippen LogP contribution in [0.15, 0.2) is 36.4 Å². The molecule has 156 valence electrons. The number of halogens is 1. The van der Waals surface area contributed by atoms with Crippen molar-refractivity contribution in [3.63, 3.8) is 0 Å². The van der Waals surface area contributed by atoms with Crippen LogP contribution in [0, 0.1) is 15.9 Å². The fourth-order valence-electron chi connectivity index (χ4n) is 3.82. The summed E-state index contributed by atoms with van der Waals surface area (Å²) in [5.74, 6) is -0.613. The molecule has 0 saturated carbocycles. The van der Waals surface area contributed by atoms with Gasteiger partial charge in [0.15, 0.2) is 6.79 Å². The van der Waals surface area contributed by atoms with Gasteiger partial charge in [-0.1, -0.05) is 19.1 Å². The van der Waals surface area contributed by atoms with E-state index in [1.807, 2.05) is 0 Å². The van der Waals surface area contributed by atoms with Crippen LogP contribution < -0.4 is 10.1 Å². The van der Waals surface area contributed by atoms with E-state index in [4.69, 9.17) is 9.47 Å². The average molecular weight is 415 g/mol. The van der Waals surface area contributed by atoms with Crippen molar-refractivity contribution in [1.29, 1.82) is 0 Å². The summed E-state index contributed by atoms with van der Waals surface area (Å²) in [6.45, 7) is 1.61. The van der Waals surface area contributed by atoms with Crippen molar-refractivity contribution >= 4 is 17.6 Å². The molecule has 1 unspecified atom stereocenters. The van der Waals surface area contributed by atoms with Crippen molar-refractivity contribution in [2.45, 2.75) is 32.0 Å². The Kier molecular flexibility index (Phi) is 4.86. The number of amides is 3. The molecule has 3 amide bonds. The minimum atomic E-state index is -1.34. The Balaban J connectivity index is 1.71. The first-order valence-corrected chi connectivity index (χ1v) is 9.26. The lowest BCUT2D eigenvalue weighted by atomic mass is 9.87. The summed E-state index contributed by atoms with van der Waals surface area (Å²) in [6, 6.07) is 7.34. The molecule has 9 nitrogen and oxygen atoms in total. The predicted octanol–water partition coefficient (Wildman–Crippen LogP) is 2.96. The summed E-state index contributed by atoms with van der Waals surface area (Å²) >= 11 is 0. The zero-order valence-corrected chi connectivity index (χ0v) is 16.0. The quantitative estimate of drug-likeness (QED) is 0.457. The van der Waals surface area contributed by atoms with Gasteiger partial charge in [0, 0.05) is 23.3 Å². The van der Waals surface area contributed by atoms with Crippen molar-refractivity contribution in [3.05, 3.63) is 69.0 Å². The van der Waals surface area contributed by atoms with Crippen molar-refractivity contribution in [3.8, 4) is 5.75 Å². The van der Waals surface area contributed by atoms with E-state index in [0.717, 1.165) is 4.90 Å². The lowest BCUT2D eigenvalue weighted by molar-refractivity contribution is -0.385. The highest BCUT2D eigenvalue weighted by molar-refractivity contribution is 6.07. The van der Waals surface area contributed by atoms with E-state index >= 15 is 0 Å². The van der Waals surface area contributed by atoms with Crippen molar-refractivity contribution in [2.75, 3.05) is 6.79 Å². The van der Waals surface area contributed by atoms with Crippen LogP contribution in [0.5, 0.6) is 5.75 Å². The van der Waals surface area contributed by atoms with Gasteiger partial charge < -0.3 is 14.8 Å². The lowest BCUT2D eigenvalue weighted by Gasteiger charge is -2.26. The standard InChI is InChI=1S/C20H18FN3O6/c1-2-20(14-3-5-15(21)6-4-14)18(25)23(19(26)22-20)9-12-7-16(24(27)28)8-13-10-29-11-30-17(12)13/h3-8H,2,9-11H2,1H3,(H,22,26). The van der Waals surface area contributed by atoms with Crippen molar-refractivity contribution in [1.82, 2.24) is 10.2 Å². The van der Waals surface area contributed by atoms with Crippen LogP contribution >= 0.6 is 0 Å². The Labute approximate surface area is 170 Å². The molecule has 0 aromatic heterocycles. The van der Waals surface area contributed by atoms with Gasteiger partial charge in [0.2, 0.25) is 0 Å². The summed E-state index contributed by atoms with van der Waals surface area (Å²) in [6.07, 6.45) is 0.247. The number of nitrogens with zero attached hydrogens (tertiary/aromatic N) is 2. The number of carbonyl (C=O) groups is 2. The highest BCUT2D eigenvalue weighted by atomic mass is 19.1. The second-order valence-electron chi connectivity index (χ2n) is 7.05. The number of urea groups is 1. The molecule has 0 aliphatic carbocycles. The number of non-ortho nitro benzene ring substituents is 1. The number of nitro groups is 1. The van der Waals surface area contributed by atoms with Crippen LogP contribution in [0.2, 0.25) is 0 Å². The van der Waals surface area contributed by atoms with Crippen molar-refractivity contribution in [2.24, 2.45) is 0 Å². The van der Waals surface area contributed by atoms with E-state index in [9.17, 15) is 24.1 Å². The number of ether oxygens (including phenoxy) is 2. The molecule has 2 heterocycles. The Morgan fingerprint density at radius 1 is 1.27 bits per heavy atom. The van der Waals surface area contributed by atoms with Gasteiger partial charge in [0.25, 0.3) is 11.6 Å². The summed E-state index contributed by atoms with van der Waals surface area (Å²) in [7, 11) is 0. The van der Waals surface area contributed by atoms with E-state index in [-0.39, 0.29) is 32.1 Å². The van der Waals surface area contributed by atoms with Gasteiger partial charge in [0.1, 0.15) is 17.1 Å². The van der Waals surface area contributed by atoms with Gasteiger partial charge >= 0.3 is 6.03 Å². The normalized spacial score (nSPS) is 20.5. The zero-order chi connectivity index (χ0) is 21.5. The maximum absolute atomic E-state index is 13.3. The largest absolute Gasteiger partial charge is 0.467 e. The Hall–Kier alpha value is -3.53. The number of hydrogen-bond acceptors (Lipinski definition) is 6. The Morgan fingerprint density at radius 3 is 2.67 bits per heavy atom. The van der Waals surface area contributed by atoms with Crippen LogP contribution in [0.3, 0.4) is 0 Å². The molecule has 0 bridgehead atoms. The summed E-state index contributed by atoms with van der Waals surface area (Å²) in [5.41, 5.74) is -0.270. The van der Waals surface area contributed by atoms with E-state index in [0.29, 0.717) is 22.4 Å². The predicted molar refractivity (Wildman–Crippen MR) is 101 cm³/mol. The highest BCUT2D eigenvalue weighted by Gasteiger charge is 2.51. The van der Waals surface area contributed by atoms with Gasteiger partial charge in [-0.2, -0.15) is 0 Å². The van der Waals surface area contributed by atoms with Gasteiger partial charge in [-0.05, 0) is 24.1 Å². The number of imide groups is 1. The van der Waals surface area contributed by atoms with Crippen LogP contribution in [0.25, 0.3) is 0 Å². The molecular formula is C20H18FN3O6. The number of hydrogen-bond donors (Lipinski definition) is 1. The summed E-state index contributed by atoms with van der Waals surface area (Å²) < 4.78 is 24.0. The van der Waals surface area contributed by atoms with Crippen LogP contribution in [-0.4, -0.2) is 28.6 Å². The molecule has 1 N–H and O–H groups in total. The van der Waals surface area contributed by atoms with Crippen LogP contribution in [-0.2, 0) is 28.2 Å². The summed E-state index contributed by atoms with van der Waals surface area (Å²) in [4.78, 5) is 37.7. The third kappa shape index (κ3) is 3.14. The molecule has 30 heavy (non-hydrogen) atoms. The average Bonchev–Trinajstić information content (AvgIpc) is 2.99. The smallest absolute Gasteiger partial charge is 0.325 e. The fourth-order valence-corrected chi connectivity index (χ4v) is 3.82. The first-order chi connectivity index (χ1) is 14.4. The molecule has 2 aliphatic heterocycles. The second kappa shape index (κ2) is 7.38. The summed E-state index contributed by atoms with van der Waals surface area (Å²) in [5, 5.41) is 14.0. The molecule has 10 heteroatoms. The monoisotopic (exact) mass is 415 g/mol. The SMILES string of the molecule is CCC1(c2ccc(F)cc2)NC(=O)N(Cc2cc([N+](=O)[O-])cc3c2OCOC3)C1=O. The maximum atomic E-state index is 13.3. The van der Waals surface area contributed by atoms with E-state index in [1.54, 1.807) is 6.92 Å².